The molecule has 0 spiro atoms. The highest BCUT2D eigenvalue weighted by Gasteiger charge is 2.16. The number of benzene rings is 1. The Labute approximate surface area is 104 Å². The molecule has 0 heterocycles. The van der Waals surface area contributed by atoms with Gasteiger partial charge < -0.3 is 5.32 Å². The highest BCUT2D eigenvalue weighted by atomic mass is 19.1. The molecule has 1 aromatic rings. The summed E-state index contributed by atoms with van der Waals surface area (Å²) < 4.78 is 13.1. The lowest BCUT2D eigenvalue weighted by Crippen LogP contribution is -2.36. The van der Waals surface area contributed by atoms with Crippen LogP contribution in [0.25, 0.3) is 0 Å². The Morgan fingerprint density at radius 3 is 2.65 bits per heavy atom. The molecule has 0 bridgehead atoms. The lowest BCUT2D eigenvalue weighted by Gasteiger charge is -2.24. The van der Waals surface area contributed by atoms with E-state index in [1.165, 1.54) is 18.9 Å². The van der Waals surface area contributed by atoms with Crippen LogP contribution in [0.4, 0.5) is 4.39 Å². The van der Waals surface area contributed by atoms with Gasteiger partial charge in [-0.05, 0) is 43.0 Å². The van der Waals surface area contributed by atoms with E-state index in [-0.39, 0.29) is 5.82 Å². The van der Waals surface area contributed by atoms with Crippen molar-refractivity contribution in [3.63, 3.8) is 0 Å². The van der Waals surface area contributed by atoms with Crippen molar-refractivity contribution in [2.75, 3.05) is 6.54 Å². The molecule has 2 heteroatoms. The summed E-state index contributed by atoms with van der Waals surface area (Å²) in [5, 5.41) is 3.51. The van der Waals surface area contributed by atoms with Crippen molar-refractivity contribution in [1.29, 1.82) is 0 Å². The average molecular weight is 237 g/mol. The van der Waals surface area contributed by atoms with Crippen LogP contribution in [0, 0.1) is 11.7 Å². The van der Waals surface area contributed by atoms with E-state index in [2.05, 4.69) is 26.1 Å². The van der Waals surface area contributed by atoms with Crippen LogP contribution in [0.2, 0.25) is 0 Å². The minimum Gasteiger partial charge on any atom is -0.314 e. The normalized spacial score (nSPS) is 14.6. The highest BCUT2D eigenvalue weighted by Crippen LogP contribution is 2.16. The number of rotatable bonds is 7. The van der Waals surface area contributed by atoms with Gasteiger partial charge in [-0.3, -0.25) is 0 Å². The molecule has 0 saturated carbocycles. The van der Waals surface area contributed by atoms with Gasteiger partial charge in [0, 0.05) is 6.04 Å². The molecule has 0 aliphatic carbocycles. The monoisotopic (exact) mass is 237 g/mol. The zero-order chi connectivity index (χ0) is 12.7. The van der Waals surface area contributed by atoms with Crippen LogP contribution in [0.3, 0.4) is 0 Å². The van der Waals surface area contributed by atoms with Crippen molar-refractivity contribution in [2.45, 2.75) is 46.1 Å². The summed E-state index contributed by atoms with van der Waals surface area (Å²) in [6.07, 6.45) is 3.33. The molecule has 2 unspecified atom stereocenters. The third-order valence-corrected chi connectivity index (χ3v) is 3.24. The highest BCUT2D eigenvalue weighted by molar-refractivity contribution is 5.17. The summed E-state index contributed by atoms with van der Waals surface area (Å²) in [5.74, 6) is 0.490. The fourth-order valence-corrected chi connectivity index (χ4v) is 2.31. The number of halogens is 1. The van der Waals surface area contributed by atoms with E-state index in [4.69, 9.17) is 0 Å². The van der Waals surface area contributed by atoms with Crippen molar-refractivity contribution in [1.82, 2.24) is 5.32 Å². The maximum absolute atomic E-state index is 13.1. The number of hydrogen-bond donors (Lipinski definition) is 1. The van der Waals surface area contributed by atoms with Gasteiger partial charge in [-0.2, -0.15) is 0 Å². The van der Waals surface area contributed by atoms with E-state index in [1.54, 1.807) is 12.1 Å². The molecular formula is C15H24FN. The molecular weight excluding hydrogens is 213 g/mol. The van der Waals surface area contributed by atoms with Gasteiger partial charge in [-0.15, -0.1) is 0 Å². The average Bonchev–Trinajstić information content (AvgIpc) is 2.29. The van der Waals surface area contributed by atoms with Crippen LogP contribution in [0.5, 0.6) is 0 Å². The Morgan fingerprint density at radius 2 is 2.06 bits per heavy atom. The maximum atomic E-state index is 13.1. The third-order valence-electron chi connectivity index (χ3n) is 3.24. The first-order valence-corrected chi connectivity index (χ1v) is 6.65. The predicted molar refractivity (Wildman–Crippen MR) is 71.6 cm³/mol. The predicted octanol–water partition coefficient (Wildman–Crippen LogP) is 3.78. The maximum Gasteiger partial charge on any atom is 0.123 e. The van der Waals surface area contributed by atoms with Crippen LogP contribution in [0.1, 0.15) is 39.2 Å². The molecule has 1 nitrogen and oxygen atoms in total. The summed E-state index contributed by atoms with van der Waals surface area (Å²) >= 11 is 0. The minimum atomic E-state index is -0.138. The Bertz CT molecular complexity index is 324. The molecule has 1 N–H and O–H groups in total. The first kappa shape index (κ1) is 14.2. The lowest BCUT2D eigenvalue weighted by atomic mass is 9.91. The van der Waals surface area contributed by atoms with Crippen molar-refractivity contribution >= 4 is 0 Å². The van der Waals surface area contributed by atoms with E-state index in [1.807, 2.05) is 6.07 Å². The first-order chi connectivity index (χ1) is 8.17. The molecule has 0 aliphatic heterocycles. The topological polar surface area (TPSA) is 12.0 Å². The third kappa shape index (κ3) is 4.86. The molecule has 0 aromatic heterocycles. The lowest BCUT2D eigenvalue weighted by molar-refractivity contribution is 0.357. The SMILES string of the molecule is CCCC(C)C(Cc1cccc(F)c1)NCC. The van der Waals surface area contributed by atoms with Gasteiger partial charge in [0.05, 0.1) is 0 Å². The van der Waals surface area contributed by atoms with E-state index in [9.17, 15) is 4.39 Å². The van der Waals surface area contributed by atoms with Crippen molar-refractivity contribution in [3.8, 4) is 0 Å². The molecule has 0 aliphatic rings. The molecule has 1 aromatic carbocycles. The Balaban J connectivity index is 2.65. The second kappa shape index (κ2) is 7.44. The van der Waals surface area contributed by atoms with E-state index in [0.717, 1.165) is 18.5 Å². The molecule has 96 valence electrons. The molecule has 0 saturated heterocycles. The van der Waals surface area contributed by atoms with Crippen LogP contribution in [-0.2, 0) is 6.42 Å². The molecule has 17 heavy (non-hydrogen) atoms. The van der Waals surface area contributed by atoms with Gasteiger partial charge in [0.25, 0.3) is 0 Å². The summed E-state index contributed by atoms with van der Waals surface area (Å²) in [7, 11) is 0. The number of likely N-dealkylation sites (N-methyl/N-ethyl adjacent to an activating group) is 1. The fourth-order valence-electron chi connectivity index (χ4n) is 2.31. The van der Waals surface area contributed by atoms with E-state index >= 15 is 0 Å². The fraction of sp³-hybridized carbons (Fsp3) is 0.600. The van der Waals surface area contributed by atoms with Crippen LogP contribution >= 0.6 is 0 Å². The second-order valence-electron chi connectivity index (χ2n) is 4.76. The summed E-state index contributed by atoms with van der Waals surface area (Å²) in [6, 6.07) is 7.39. The standard InChI is InChI=1S/C15H24FN/c1-4-7-12(3)15(17-5-2)11-13-8-6-9-14(16)10-13/h6,8-10,12,15,17H,4-5,7,11H2,1-3H3. The van der Waals surface area contributed by atoms with Crippen molar-refractivity contribution in [3.05, 3.63) is 35.6 Å². The van der Waals surface area contributed by atoms with Gasteiger partial charge in [-0.1, -0.05) is 39.3 Å². The van der Waals surface area contributed by atoms with Gasteiger partial charge >= 0.3 is 0 Å². The van der Waals surface area contributed by atoms with Crippen LogP contribution < -0.4 is 5.32 Å². The van der Waals surface area contributed by atoms with Gasteiger partial charge in [0.15, 0.2) is 0 Å². The van der Waals surface area contributed by atoms with Gasteiger partial charge in [0.1, 0.15) is 5.82 Å². The summed E-state index contributed by atoms with van der Waals surface area (Å²) in [5.41, 5.74) is 1.08. The summed E-state index contributed by atoms with van der Waals surface area (Å²) in [6.45, 7) is 7.57. The Morgan fingerprint density at radius 1 is 1.29 bits per heavy atom. The Hall–Kier alpha value is -0.890. The van der Waals surface area contributed by atoms with Gasteiger partial charge in [-0.25, -0.2) is 4.39 Å². The first-order valence-electron chi connectivity index (χ1n) is 6.65. The van der Waals surface area contributed by atoms with E-state index < -0.39 is 0 Å². The van der Waals surface area contributed by atoms with Crippen molar-refractivity contribution < 1.29 is 4.39 Å². The van der Waals surface area contributed by atoms with Crippen molar-refractivity contribution in [2.24, 2.45) is 5.92 Å². The Kier molecular flexibility index (Phi) is 6.20. The molecule has 1 rings (SSSR count). The minimum absolute atomic E-state index is 0.138. The molecule has 0 amide bonds. The van der Waals surface area contributed by atoms with Crippen LogP contribution in [-0.4, -0.2) is 12.6 Å². The number of nitrogens with one attached hydrogen (secondary N) is 1. The number of hydrogen-bond acceptors (Lipinski definition) is 1. The molecule has 0 fully saturated rings. The quantitative estimate of drug-likeness (QED) is 0.761. The largest absolute Gasteiger partial charge is 0.314 e. The molecule has 2 atom stereocenters. The van der Waals surface area contributed by atoms with Gasteiger partial charge in [0.2, 0.25) is 0 Å². The van der Waals surface area contributed by atoms with Crippen LogP contribution in [0.15, 0.2) is 24.3 Å². The second-order valence-corrected chi connectivity index (χ2v) is 4.76. The molecule has 0 radical (unpaired) electrons. The summed E-state index contributed by atoms with van der Waals surface area (Å²) in [4.78, 5) is 0. The van der Waals surface area contributed by atoms with E-state index in [0.29, 0.717) is 12.0 Å². The smallest absolute Gasteiger partial charge is 0.123 e. The zero-order valence-corrected chi connectivity index (χ0v) is 11.2. The zero-order valence-electron chi connectivity index (χ0n) is 11.2.